The van der Waals surface area contributed by atoms with E-state index in [2.05, 4.69) is 4.90 Å². The van der Waals surface area contributed by atoms with Crippen LogP contribution in [0.2, 0.25) is 5.02 Å². The second-order valence-corrected chi connectivity index (χ2v) is 4.91. The number of anilines is 1. The van der Waals surface area contributed by atoms with Crippen LogP contribution in [-0.4, -0.2) is 32.1 Å². The van der Waals surface area contributed by atoms with Gasteiger partial charge in [0.25, 0.3) is 0 Å². The quantitative estimate of drug-likeness (QED) is 0.652. The first-order valence-electron chi connectivity index (χ1n) is 6.03. The molecule has 4 nitrogen and oxygen atoms in total. The Morgan fingerprint density at radius 3 is 2.61 bits per heavy atom. The summed E-state index contributed by atoms with van der Waals surface area (Å²) >= 11 is 6.25. The Hall–Kier alpha value is -1.26. The molecule has 0 unspecified atom stereocenters. The molecule has 0 atom stereocenters. The van der Waals surface area contributed by atoms with E-state index < -0.39 is 0 Å². The molecule has 0 saturated carbocycles. The van der Waals surface area contributed by atoms with E-state index in [4.69, 9.17) is 27.5 Å². The maximum Gasteiger partial charge on any atom is 0.122 e. The molecule has 1 heterocycles. The summed E-state index contributed by atoms with van der Waals surface area (Å²) < 4.78 is 5.35. The smallest absolute Gasteiger partial charge is 0.122 e. The zero-order valence-corrected chi connectivity index (χ0v) is 11.2. The number of benzene rings is 1. The van der Waals surface area contributed by atoms with Gasteiger partial charge in [-0.2, -0.15) is 0 Å². The number of piperidine rings is 1. The second kappa shape index (κ2) is 5.59. The molecule has 0 spiro atoms. The Bertz CT molecular complexity index is 442. The summed E-state index contributed by atoms with van der Waals surface area (Å²) in [6.45, 7) is 1.88. The topological polar surface area (TPSA) is 62.3 Å². The number of hydrogen-bond acceptors (Lipinski definition) is 3. The van der Waals surface area contributed by atoms with Crippen molar-refractivity contribution >= 4 is 23.1 Å². The van der Waals surface area contributed by atoms with Crippen molar-refractivity contribution in [3.05, 3.63) is 28.8 Å². The fourth-order valence-electron chi connectivity index (χ4n) is 2.26. The van der Waals surface area contributed by atoms with Crippen molar-refractivity contribution in [2.75, 3.05) is 25.1 Å². The summed E-state index contributed by atoms with van der Waals surface area (Å²) in [6, 6.07) is 5.53. The van der Waals surface area contributed by atoms with E-state index in [9.17, 15) is 0 Å². The Morgan fingerprint density at radius 2 is 2.11 bits per heavy atom. The third-order valence-corrected chi connectivity index (χ3v) is 3.68. The minimum absolute atomic E-state index is 0.0431. The van der Waals surface area contributed by atoms with Gasteiger partial charge in [-0.15, -0.1) is 0 Å². The van der Waals surface area contributed by atoms with Crippen LogP contribution in [0.1, 0.15) is 18.4 Å². The van der Waals surface area contributed by atoms with Gasteiger partial charge in [0.2, 0.25) is 0 Å². The average molecular weight is 268 g/mol. The van der Waals surface area contributed by atoms with Crippen LogP contribution in [-0.2, 0) is 4.74 Å². The average Bonchev–Trinajstić information content (AvgIpc) is 2.38. The van der Waals surface area contributed by atoms with E-state index in [0.29, 0.717) is 16.7 Å². The zero-order valence-electron chi connectivity index (χ0n) is 10.4. The number of nitrogens with one attached hydrogen (secondary N) is 1. The number of nitrogen functional groups attached to an aromatic ring is 1. The highest BCUT2D eigenvalue weighted by molar-refractivity contribution is 6.33. The molecule has 98 valence electrons. The van der Waals surface area contributed by atoms with Gasteiger partial charge >= 0.3 is 0 Å². The molecular weight excluding hydrogens is 250 g/mol. The molecule has 1 aliphatic rings. The van der Waals surface area contributed by atoms with Crippen LogP contribution in [0.3, 0.4) is 0 Å². The van der Waals surface area contributed by atoms with Crippen molar-refractivity contribution in [1.82, 2.24) is 0 Å². The molecule has 0 radical (unpaired) electrons. The van der Waals surface area contributed by atoms with E-state index in [1.807, 2.05) is 12.1 Å². The molecule has 1 fully saturated rings. The molecule has 0 bridgehead atoms. The maximum atomic E-state index is 7.39. The van der Waals surface area contributed by atoms with Crippen molar-refractivity contribution in [3.63, 3.8) is 0 Å². The molecule has 3 N–H and O–H groups in total. The minimum atomic E-state index is 0.0431. The Morgan fingerprint density at radius 1 is 1.44 bits per heavy atom. The van der Waals surface area contributed by atoms with Crippen LogP contribution in [0.5, 0.6) is 0 Å². The predicted molar refractivity (Wildman–Crippen MR) is 74.7 cm³/mol. The van der Waals surface area contributed by atoms with E-state index >= 15 is 0 Å². The number of nitrogens with two attached hydrogens (primary N) is 1. The molecule has 1 aromatic carbocycles. The van der Waals surface area contributed by atoms with Crippen molar-refractivity contribution in [2.45, 2.75) is 18.9 Å². The van der Waals surface area contributed by atoms with Gasteiger partial charge in [-0.25, -0.2) is 0 Å². The first kappa shape index (κ1) is 13.2. The molecule has 1 aliphatic heterocycles. The van der Waals surface area contributed by atoms with Gasteiger partial charge in [-0.3, -0.25) is 5.41 Å². The van der Waals surface area contributed by atoms with E-state index in [1.54, 1.807) is 13.2 Å². The minimum Gasteiger partial charge on any atom is -0.384 e. The van der Waals surface area contributed by atoms with Crippen molar-refractivity contribution in [2.24, 2.45) is 5.73 Å². The molecule has 0 aliphatic carbocycles. The van der Waals surface area contributed by atoms with Gasteiger partial charge in [0.1, 0.15) is 5.84 Å². The zero-order chi connectivity index (χ0) is 13.1. The summed E-state index contributed by atoms with van der Waals surface area (Å²) in [5.41, 5.74) is 7.11. The first-order valence-corrected chi connectivity index (χ1v) is 6.41. The molecule has 18 heavy (non-hydrogen) atoms. The van der Waals surface area contributed by atoms with Gasteiger partial charge in [0.15, 0.2) is 0 Å². The normalized spacial score (nSPS) is 16.9. The van der Waals surface area contributed by atoms with E-state index in [0.717, 1.165) is 31.6 Å². The lowest BCUT2D eigenvalue weighted by Crippen LogP contribution is -2.36. The van der Waals surface area contributed by atoms with E-state index in [1.165, 1.54) is 0 Å². The fraction of sp³-hybridized carbons (Fsp3) is 0.462. The number of halogens is 1. The number of ether oxygens (including phenoxy) is 1. The van der Waals surface area contributed by atoms with Crippen molar-refractivity contribution in [3.8, 4) is 0 Å². The lowest BCUT2D eigenvalue weighted by Gasteiger charge is -2.33. The monoisotopic (exact) mass is 267 g/mol. The number of amidine groups is 1. The van der Waals surface area contributed by atoms with Crippen LogP contribution in [0.15, 0.2) is 18.2 Å². The van der Waals surface area contributed by atoms with Crippen molar-refractivity contribution in [1.29, 1.82) is 5.41 Å². The number of nitrogens with zero attached hydrogens (tertiary/aromatic N) is 1. The standard InChI is InChI=1S/C13H18ClN3O/c1-18-10-4-6-17(7-5-10)12-3-2-9(13(15)16)8-11(12)14/h2-3,8,10H,4-7H2,1H3,(H3,15,16). The largest absolute Gasteiger partial charge is 0.384 e. The van der Waals surface area contributed by atoms with Gasteiger partial charge in [0.05, 0.1) is 16.8 Å². The van der Waals surface area contributed by atoms with Crippen LogP contribution < -0.4 is 10.6 Å². The molecule has 0 amide bonds. The predicted octanol–water partition coefficient (Wildman–Crippen LogP) is 2.24. The first-order chi connectivity index (χ1) is 8.61. The molecule has 1 saturated heterocycles. The molecule has 0 aromatic heterocycles. The summed E-state index contributed by atoms with van der Waals surface area (Å²) in [6.07, 6.45) is 2.39. The summed E-state index contributed by atoms with van der Waals surface area (Å²) in [5, 5.41) is 8.04. The Labute approximate surface area is 112 Å². The summed E-state index contributed by atoms with van der Waals surface area (Å²) in [4.78, 5) is 2.25. The Kier molecular flexibility index (Phi) is 4.09. The molecular formula is C13H18ClN3O. The SMILES string of the molecule is COC1CCN(c2ccc(C(=N)N)cc2Cl)CC1. The summed E-state index contributed by atoms with van der Waals surface area (Å²) in [7, 11) is 1.76. The molecule has 2 rings (SSSR count). The summed E-state index contributed by atoms with van der Waals surface area (Å²) in [5.74, 6) is 0.0431. The molecule has 5 heteroatoms. The Balaban J connectivity index is 2.12. The molecule has 1 aromatic rings. The highest BCUT2D eigenvalue weighted by Crippen LogP contribution is 2.29. The van der Waals surface area contributed by atoms with Crippen LogP contribution in [0.4, 0.5) is 5.69 Å². The van der Waals surface area contributed by atoms with E-state index in [-0.39, 0.29) is 5.84 Å². The van der Waals surface area contributed by atoms with Crippen LogP contribution in [0.25, 0.3) is 0 Å². The van der Waals surface area contributed by atoms with Crippen molar-refractivity contribution < 1.29 is 4.74 Å². The second-order valence-electron chi connectivity index (χ2n) is 4.50. The highest BCUT2D eigenvalue weighted by Gasteiger charge is 2.20. The van der Waals surface area contributed by atoms with Gasteiger partial charge < -0.3 is 15.4 Å². The lowest BCUT2D eigenvalue weighted by atomic mass is 10.1. The fourth-order valence-corrected chi connectivity index (χ4v) is 2.56. The lowest BCUT2D eigenvalue weighted by molar-refractivity contribution is 0.0819. The highest BCUT2D eigenvalue weighted by atomic mass is 35.5. The number of methoxy groups -OCH3 is 1. The number of rotatable bonds is 3. The van der Waals surface area contributed by atoms with Crippen LogP contribution in [0, 0.1) is 5.41 Å². The third kappa shape index (κ3) is 2.76. The number of hydrogen-bond donors (Lipinski definition) is 2. The van der Waals surface area contributed by atoms with Gasteiger partial charge in [-0.05, 0) is 31.0 Å². The van der Waals surface area contributed by atoms with Crippen LogP contribution >= 0.6 is 11.6 Å². The maximum absolute atomic E-state index is 7.39. The van der Waals surface area contributed by atoms with Gasteiger partial charge in [-0.1, -0.05) is 11.6 Å². The van der Waals surface area contributed by atoms with Gasteiger partial charge in [0, 0.05) is 25.8 Å². The third-order valence-electron chi connectivity index (χ3n) is 3.37.